The number of rotatable bonds is 12. The number of nitrogens with one attached hydrogen (secondary N) is 2. The molecule has 9 heteroatoms. The van der Waals surface area contributed by atoms with Crippen molar-refractivity contribution in [3.8, 4) is 46.0 Å². The Bertz CT molecular complexity index is 1720. The third-order valence-electron chi connectivity index (χ3n) is 9.17. The molecule has 0 aliphatic carbocycles. The Hall–Kier alpha value is -4.60. The quantitative estimate of drug-likeness (QED) is 0.183. The van der Waals surface area contributed by atoms with Crippen LogP contribution in [0.1, 0.15) is 45.5 Å². The number of methoxy groups -OCH3 is 6. The van der Waals surface area contributed by atoms with Crippen LogP contribution in [0.2, 0.25) is 0 Å². The normalized spacial score (nSPS) is 16.8. The number of hydrogen-bond acceptors (Lipinski definition) is 9. The van der Waals surface area contributed by atoms with Crippen LogP contribution in [0.3, 0.4) is 0 Å². The molecule has 0 amide bonds. The largest absolute Gasteiger partial charge is 0.493 e. The van der Waals surface area contributed by atoms with Crippen LogP contribution in [0, 0.1) is 0 Å². The molecule has 2 heterocycles. The van der Waals surface area contributed by atoms with E-state index in [1.165, 1.54) is 22.3 Å². The molecule has 0 spiro atoms. The van der Waals surface area contributed by atoms with Crippen LogP contribution in [0.5, 0.6) is 46.0 Å². The van der Waals surface area contributed by atoms with Gasteiger partial charge in [-0.05, 0) is 121 Å². The first-order valence-corrected chi connectivity index (χ1v) is 16.0. The van der Waals surface area contributed by atoms with E-state index in [4.69, 9.17) is 33.2 Å². The van der Waals surface area contributed by atoms with Crippen LogP contribution in [0.15, 0.2) is 60.7 Å². The van der Waals surface area contributed by atoms with Crippen LogP contribution in [-0.2, 0) is 25.7 Å². The molecule has 0 saturated carbocycles. The summed E-state index contributed by atoms with van der Waals surface area (Å²) >= 11 is 0. The van der Waals surface area contributed by atoms with Gasteiger partial charge >= 0.3 is 0 Å². The maximum absolute atomic E-state index is 6.49. The summed E-state index contributed by atoms with van der Waals surface area (Å²) in [6, 6.07) is 20.8. The number of fused-ring (bicyclic) bond motifs is 2. The number of ether oxygens (including phenoxy) is 7. The van der Waals surface area contributed by atoms with Gasteiger partial charge in [0, 0.05) is 12.1 Å². The molecule has 2 aliphatic rings. The van der Waals surface area contributed by atoms with E-state index in [1.54, 1.807) is 42.7 Å². The van der Waals surface area contributed by atoms with Gasteiger partial charge in [-0.3, -0.25) is 0 Å². The fourth-order valence-electron chi connectivity index (χ4n) is 6.74. The number of hydrogen-bond donors (Lipinski definition) is 2. The summed E-state index contributed by atoms with van der Waals surface area (Å²) in [4.78, 5) is 0. The standard InChI is InChI=1S/C38H44N2O7/c1-41-31-9-7-24(16-30-28-22-37(46-6)35(44-4)20-26(28)12-14-40-30)18-38(31)47-32-10-8-23(17-33(32)42-2)15-29-27-21-36(45-5)34(43-3)19-25(27)11-13-39-29/h7-10,17-22,29-30,39-40H,11-16H2,1-6H3/t29-,30-/m1/s1. The summed E-state index contributed by atoms with van der Waals surface area (Å²) in [5.41, 5.74) is 7.23. The first kappa shape index (κ1) is 32.3. The van der Waals surface area contributed by atoms with Crippen LogP contribution < -0.4 is 43.8 Å². The molecule has 0 saturated heterocycles. The van der Waals surface area contributed by atoms with E-state index in [1.807, 2.05) is 24.3 Å². The molecule has 47 heavy (non-hydrogen) atoms. The lowest BCUT2D eigenvalue weighted by molar-refractivity contribution is 0.351. The van der Waals surface area contributed by atoms with Crippen molar-refractivity contribution in [2.45, 2.75) is 37.8 Å². The van der Waals surface area contributed by atoms with Gasteiger partial charge in [0.2, 0.25) is 0 Å². The predicted octanol–water partition coefficient (Wildman–Crippen LogP) is 6.39. The van der Waals surface area contributed by atoms with Crippen LogP contribution in [-0.4, -0.2) is 55.7 Å². The van der Waals surface area contributed by atoms with Crippen molar-refractivity contribution in [3.05, 3.63) is 94.0 Å². The monoisotopic (exact) mass is 640 g/mol. The lowest BCUT2D eigenvalue weighted by Crippen LogP contribution is -2.31. The zero-order chi connectivity index (χ0) is 32.9. The highest BCUT2D eigenvalue weighted by atomic mass is 16.5. The van der Waals surface area contributed by atoms with Gasteiger partial charge in [-0.2, -0.15) is 0 Å². The first-order chi connectivity index (χ1) is 23.0. The summed E-state index contributed by atoms with van der Waals surface area (Å²) in [6.45, 7) is 1.78. The van der Waals surface area contributed by atoms with Crippen molar-refractivity contribution >= 4 is 0 Å². The highest BCUT2D eigenvalue weighted by Gasteiger charge is 2.25. The highest BCUT2D eigenvalue weighted by molar-refractivity contribution is 5.53. The van der Waals surface area contributed by atoms with Gasteiger partial charge < -0.3 is 43.8 Å². The molecular weight excluding hydrogens is 596 g/mol. The van der Waals surface area contributed by atoms with E-state index in [2.05, 4.69) is 47.0 Å². The first-order valence-electron chi connectivity index (χ1n) is 16.0. The Morgan fingerprint density at radius 3 is 1.34 bits per heavy atom. The van der Waals surface area contributed by atoms with Crippen molar-refractivity contribution in [2.24, 2.45) is 0 Å². The molecule has 2 aliphatic heterocycles. The van der Waals surface area contributed by atoms with Crippen molar-refractivity contribution < 1.29 is 33.2 Å². The molecule has 0 unspecified atom stereocenters. The van der Waals surface area contributed by atoms with Crippen molar-refractivity contribution in [1.82, 2.24) is 10.6 Å². The van der Waals surface area contributed by atoms with E-state index < -0.39 is 0 Å². The Kier molecular flexibility index (Phi) is 9.94. The highest BCUT2D eigenvalue weighted by Crippen LogP contribution is 2.41. The molecule has 6 rings (SSSR count). The minimum absolute atomic E-state index is 0.119. The topological polar surface area (TPSA) is 88.7 Å². The molecule has 4 aromatic rings. The second-order valence-electron chi connectivity index (χ2n) is 11.8. The summed E-state index contributed by atoms with van der Waals surface area (Å²) in [5.74, 6) is 5.54. The fourth-order valence-corrected chi connectivity index (χ4v) is 6.74. The van der Waals surface area contributed by atoms with Crippen LogP contribution in [0.4, 0.5) is 0 Å². The Morgan fingerprint density at radius 1 is 0.468 bits per heavy atom. The molecular formula is C38H44N2O7. The third-order valence-corrected chi connectivity index (χ3v) is 9.17. The molecule has 0 radical (unpaired) electrons. The Morgan fingerprint density at radius 2 is 0.872 bits per heavy atom. The minimum atomic E-state index is 0.119. The zero-order valence-corrected chi connectivity index (χ0v) is 28.0. The Labute approximate surface area is 277 Å². The summed E-state index contributed by atoms with van der Waals surface area (Å²) < 4.78 is 40.3. The maximum atomic E-state index is 6.49. The van der Waals surface area contributed by atoms with Gasteiger partial charge in [0.05, 0.1) is 42.7 Å². The van der Waals surface area contributed by atoms with Crippen molar-refractivity contribution in [2.75, 3.05) is 55.7 Å². The average molecular weight is 641 g/mol. The molecule has 4 aromatic carbocycles. The molecule has 2 N–H and O–H groups in total. The lowest BCUT2D eigenvalue weighted by atomic mass is 9.89. The zero-order valence-electron chi connectivity index (χ0n) is 28.0. The second-order valence-corrected chi connectivity index (χ2v) is 11.8. The lowest BCUT2D eigenvalue weighted by Gasteiger charge is -2.28. The Balaban J connectivity index is 1.22. The third kappa shape index (κ3) is 6.77. The maximum Gasteiger partial charge on any atom is 0.169 e. The smallest absolute Gasteiger partial charge is 0.169 e. The van der Waals surface area contributed by atoms with E-state index in [0.29, 0.717) is 23.0 Å². The fraction of sp³-hybridized carbons (Fsp3) is 0.368. The molecule has 9 nitrogen and oxygen atoms in total. The molecule has 0 fully saturated rings. The van der Waals surface area contributed by atoms with Crippen LogP contribution >= 0.6 is 0 Å². The van der Waals surface area contributed by atoms with E-state index >= 15 is 0 Å². The van der Waals surface area contributed by atoms with Gasteiger partial charge in [-0.1, -0.05) is 12.1 Å². The van der Waals surface area contributed by atoms with Crippen LogP contribution in [0.25, 0.3) is 0 Å². The summed E-state index contributed by atoms with van der Waals surface area (Å²) in [6.07, 6.45) is 3.43. The minimum Gasteiger partial charge on any atom is -0.493 e. The molecule has 0 bridgehead atoms. The van der Waals surface area contributed by atoms with E-state index in [9.17, 15) is 0 Å². The average Bonchev–Trinajstić information content (AvgIpc) is 3.11. The molecule has 248 valence electrons. The van der Waals surface area contributed by atoms with Gasteiger partial charge in [0.15, 0.2) is 46.0 Å². The number of benzene rings is 4. The van der Waals surface area contributed by atoms with Gasteiger partial charge in [0.1, 0.15) is 0 Å². The van der Waals surface area contributed by atoms with E-state index in [-0.39, 0.29) is 12.1 Å². The molecule has 0 aromatic heterocycles. The van der Waals surface area contributed by atoms with Gasteiger partial charge in [-0.15, -0.1) is 0 Å². The van der Waals surface area contributed by atoms with Crippen molar-refractivity contribution in [1.29, 1.82) is 0 Å². The van der Waals surface area contributed by atoms with E-state index in [0.717, 1.165) is 72.9 Å². The summed E-state index contributed by atoms with van der Waals surface area (Å²) in [5, 5.41) is 7.35. The van der Waals surface area contributed by atoms with Crippen molar-refractivity contribution in [3.63, 3.8) is 0 Å². The summed E-state index contributed by atoms with van der Waals surface area (Å²) in [7, 11) is 10.0. The van der Waals surface area contributed by atoms with Gasteiger partial charge in [0.25, 0.3) is 0 Å². The second kappa shape index (κ2) is 14.4. The van der Waals surface area contributed by atoms with Gasteiger partial charge in [-0.25, -0.2) is 0 Å². The predicted molar refractivity (Wildman–Crippen MR) is 181 cm³/mol. The SMILES string of the molecule is COc1cc2c(cc1OC)[C@@H](Cc1ccc(Oc3cc(C[C@H]4NCCc5cc(OC)c(OC)cc54)ccc3OC)c(OC)c1)NCC2. The molecule has 2 atom stereocenters.